The number of piperidine rings is 1. The zero-order valence-electron chi connectivity index (χ0n) is 13.0. The van der Waals surface area contributed by atoms with Crippen LogP contribution in [-0.2, 0) is 10.0 Å². The summed E-state index contributed by atoms with van der Waals surface area (Å²) in [7, 11) is -0.382. The minimum atomic E-state index is -3.38. The maximum absolute atomic E-state index is 12.4. The van der Waals surface area contributed by atoms with E-state index in [1.165, 1.54) is 29.4 Å². The van der Waals surface area contributed by atoms with E-state index in [1.54, 1.807) is 6.92 Å². The van der Waals surface area contributed by atoms with Crippen LogP contribution >= 0.6 is 0 Å². The maximum Gasteiger partial charge on any atom is 0.292 e. The number of carbonyl (C=O) groups excluding carboxylic acids is 1. The van der Waals surface area contributed by atoms with Crippen LogP contribution in [0.4, 0.5) is 0 Å². The first-order valence-corrected chi connectivity index (χ1v) is 8.66. The Hall–Kier alpha value is -1.61. The number of rotatable bonds is 5. The summed E-state index contributed by atoms with van der Waals surface area (Å²) in [4.78, 5) is 13.9. The monoisotopic (exact) mass is 331 g/mol. The molecular weight excluding hydrogens is 310 g/mol. The summed E-state index contributed by atoms with van der Waals surface area (Å²) < 4.78 is 35.8. The molecule has 124 valence electrons. The molecule has 0 unspecified atom stereocenters. The van der Waals surface area contributed by atoms with E-state index in [9.17, 15) is 13.2 Å². The summed E-state index contributed by atoms with van der Waals surface area (Å²) >= 11 is 0. The number of nitrogens with zero attached hydrogens (tertiary/aromatic N) is 3. The van der Waals surface area contributed by atoms with Crippen molar-refractivity contribution in [3.05, 3.63) is 11.8 Å². The number of hydrogen-bond donors (Lipinski definition) is 0. The van der Waals surface area contributed by atoms with Gasteiger partial charge < -0.3 is 14.2 Å². The van der Waals surface area contributed by atoms with Gasteiger partial charge in [0.05, 0.1) is 17.9 Å². The molecule has 2 heterocycles. The molecule has 1 amide bonds. The molecular formula is C13H21N3O5S. The van der Waals surface area contributed by atoms with Crippen LogP contribution < -0.4 is 4.74 Å². The van der Waals surface area contributed by atoms with Crippen LogP contribution in [0.25, 0.3) is 0 Å². The van der Waals surface area contributed by atoms with Crippen molar-refractivity contribution in [3.63, 3.8) is 0 Å². The van der Waals surface area contributed by atoms with E-state index in [-0.39, 0.29) is 24.1 Å². The van der Waals surface area contributed by atoms with Gasteiger partial charge in [-0.2, -0.15) is 0 Å². The van der Waals surface area contributed by atoms with E-state index in [0.717, 1.165) is 0 Å². The number of aromatic nitrogens is 1. The molecule has 1 atom stereocenters. The minimum Gasteiger partial charge on any atom is -0.476 e. The van der Waals surface area contributed by atoms with E-state index in [1.807, 2.05) is 0 Å². The molecule has 2 rings (SSSR count). The first-order valence-electron chi connectivity index (χ1n) is 7.16. The van der Waals surface area contributed by atoms with Crippen molar-refractivity contribution in [2.75, 3.05) is 33.8 Å². The van der Waals surface area contributed by atoms with E-state index in [4.69, 9.17) is 9.26 Å². The Bertz CT molecular complexity index is 625. The van der Waals surface area contributed by atoms with Crippen molar-refractivity contribution >= 4 is 15.9 Å². The maximum atomic E-state index is 12.4. The van der Waals surface area contributed by atoms with Crippen molar-refractivity contribution < 1.29 is 22.5 Å². The van der Waals surface area contributed by atoms with E-state index >= 15 is 0 Å². The SMILES string of the molecule is CCOc1cc(C(=O)N2CCC[C@@H](S(=O)(=O)N(C)C)C2)on1. The molecule has 0 aromatic carbocycles. The molecule has 0 aliphatic carbocycles. The molecule has 8 nitrogen and oxygen atoms in total. The smallest absolute Gasteiger partial charge is 0.292 e. The highest BCUT2D eigenvalue weighted by atomic mass is 32.2. The summed E-state index contributed by atoms with van der Waals surface area (Å²) in [5.74, 6) is -0.0521. The van der Waals surface area contributed by atoms with Gasteiger partial charge in [-0.25, -0.2) is 12.7 Å². The second-order valence-electron chi connectivity index (χ2n) is 5.31. The fourth-order valence-corrected chi connectivity index (χ4v) is 3.82. The van der Waals surface area contributed by atoms with Crippen LogP contribution in [0.1, 0.15) is 30.3 Å². The van der Waals surface area contributed by atoms with Crippen molar-refractivity contribution in [3.8, 4) is 5.88 Å². The Kier molecular flexibility index (Phi) is 5.07. The van der Waals surface area contributed by atoms with Crippen molar-refractivity contribution in [2.24, 2.45) is 0 Å². The standard InChI is InChI=1S/C13H21N3O5S/c1-4-20-12-8-11(21-14-12)13(17)16-7-5-6-10(9-16)22(18,19)15(2)3/h8,10H,4-7,9H2,1-3H3/t10-/m1/s1. The number of hydrogen-bond acceptors (Lipinski definition) is 6. The Morgan fingerprint density at radius 2 is 2.27 bits per heavy atom. The summed E-state index contributed by atoms with van der Waals surface area (Å²) in [5, 5.41) is 3.06. The molecule has 0 N–H and O–H groups in total. The van der Waals surface area contributed by atoms with Gasteiger partial charge in [0.15, 0.2) is 0 Å². The first-order chi connectivity index (χ1) is 10.4. The van der Waals surface area contributed by atoms with Gasteiger partial charge in [-0.1, -0.05) is 0 Å². The quantitative estimate of drug-likeness (QED) is 0.783. The molecule has 1 aromatic rings. The van der Waals surface area contributed by atoms with Crippen LogP contribution in [-0.4, -0.2) is 67.7 Å². The highest BCUT2D eigenvalue weighted by Crippen LogP contribution is 2.21. The molecule has 9 heteroatoms. The largest absolute Gasteiger partial charge is 0.476 e. The molecule has 1 aromatic heterocycles. The summed E-state index contributed by atoms with van der Waals surface area (Å²) in [6, 6.07) is 1.43. The topological polar surface area (TPSA) is 93.0 Å². The molecule has 0 spiro atoms. The predicted molar refractivity (Wildman–Crippen MR) is 79.2 cm³/mol. The van der Waals surface area contributed by atoms with Gasteiger partial charge >= 0.3 is 0 Å². The Morgan fingerprint density at radius 1 is 1.55 bits per heavy atom. The molecule has 1 aliphatic heterocycles. The lowest BCUT2D eigenvalue weighted by Crippen LogP contribution is -2.48. The van der Waals surface area contributed by atoms with Gasteiger partial charge in [-0.3, -0.25) is 4.79 Å². The fourth-order valence-electron chi connectivity index (χ4n) is 2.40. The second-order valence-corrected chi connectivity index (χ2v) is 7.73. The molecule has 0 radical (unpaired) electrons. The second kappa shape index (κ2) is 6.66. The number of ether oxygens (including phenoxy) is 1. The molecule has 1 aliphatic rings. The summed E-state index contributed by atoms with van der Waals surface area (Å²) in [5.41, 5.74) is 0. The van der Waals surface area contributed by atoms with E-state index < -0.39 is 15.3 Å². The molecule has 0 saturated carbocycles. The van der Waals surface area contributed by atoms with Gasteiger partial charge in [0.1, 0.15) is 0 Å². The van der Waals surface area contributed by atoms with Gasteiger partial charge in [0.2, 0.25) is 15.8 Å². The molecule has 22 heavy (non-hydrogen) atoms. The lowest BCUT2D eigenvalue weighted by Gasteiger charge is -2.33. The third-order valence-electron chi connectivity index (χ3n) is 3.59. The normalized spacial score (nSPS) is 19.5. The van der Waals surface area contributed by atoms with Gasteiger partial charge in [0.25, 0.3) is 11.8 Å². The van der Waals surface area contributed by atoms with E-state index in [0.29, 0.717) is 26.0 Å². The Labute approximate surface area is 130 Å². The van der Waals surface area contributed by atoms with Gasteiger partial charge in [-0.05, 0) is 24.9 Å². The van der Waals surface area contributed by atoms with Crippen molar-refractivity contribution in [1.82, 2.24) is 14.4 Å². The highest BCUT2D eigenvalue weighted by molar-refractivity contribution is 7.89. The van der Waals surface area contributed by atoms with Gasteiger partial charge in [-0.15, -0.1) is 0 Å². The highest BCUT2D eigenvalue weighted by Gasteiger charge is 2.35. The average molecular weight is 331 g/mol. The van der Waals surface area contributed by atoms with Crippen LogP contribution in [0.5, 0.6) is 5.88 Å². The van der Waals surface area contributed by atoms with E-state index in [2.05, 4.69) is 5.16 Å². The van der Waals surface area contributed by atoms with Gasteiger partial charge in [0, 0.05) is 27.2 Å². The lowest BCUT2D eigenvalue weighted by atomic mass is 10.1. The minimum absolute atomic E-state index is 0.0614. The van der Waals surface area contributed by atoms with Crippen molar-refractivity contribution in [1.29, 1.82) is 0 Å². The van der Waals surface area contributed by atoms with Crippen LogP contribution in [0.2, 0.25) is 0 Å². The molecule has 0 bridgehead atoms. The Balaban J connectivity index is 2.10. The Morgan fingerprint density at radius 3 is 2.91 bits per heavy atom. The number of sulfonamides is 1. The van der Waals surface area contributed by atoms with Crippen LogP contribution in [0, 0.1) is 0 Å². The third-order valence-corrected chi connectivity index (χ3v) is 5.83. The lowest BCUT2D eigenvalue weighted by molar-refractivity contribution is 0.0683. The fraction of sp³-hybridized carbons (Fsp3) is 0.692. The summed E-state index contributed by atoms with van der Waals surface area (Å²) in [6.07, 6.45) is 1.18. The summed E-state index contributed by atoms with van der Waals surface area (Å²) in [6.45, 7) is 2.89. The van der Waals surface area contributed by atoms with Crippen LogP contribution in [0.15, 0.2) is 10.6 Å². The zero-order chi connectivity index (χ0) is 16.3. The third kappa shape index (κ3) is 3.41. The average Bonchev–Trinajstić information content (AvgIpc) is 2.95. The first kappa shape index (κ1) is 16.8. The molecule has 1 saturated heterocycles. The number of amides is 1. The number of carbonyl (C=O) groups is 1. The van der Waals surface area contributed by atoms with Crippen LogP contribution in [0.3, 0.4) is 0 Å². The predicted octanol–water partition coefficient (Wildman–Crippen LogP) is 0.569. The number of likely N-dealkylation sites (tertiary alicyclic amines) is 1. The molecule has 1 fully saturated rings. The van der Waals surface area contributed by atoms with Crippen molar-refractivity contribution in [2.45, 2.75) is 25.0 Å². The zero-order valence-corrected chi connectivity index (χ0v) is 13.8.